The van der Waals surface area contributed by atoms with E-state index in [4.69, 9.17) is 0 Å². The van der Waals surface area contributed by atoms with Crippen molar-refractivity contribution in [1.29, 1.82) is 0 Å². The van der Waals surface area contributed by atoms with Crippen molar-refractivity contribution < 1.29 is 16.8 Å². The summed E-state index contributed by atoms with van der Waals surface area (Å²) in [6, 6.07) is 0. The van der Waals surface area contributed by atoms with E-state index < -0.39 is 30.0 Å². The molecule has 0 aromatic heterocycles. The first-order valence-electron chi connectivity index (χ1n) is 5.82. The van der Waals surface area contributed by atoms with Gasteiger partial charge in [0.2, 0.25) is 0 Å². The molecule has 0 aliphatic carbocycles. The molecule has 1 rings (SSSR count). The predicted molar refractivity (Wildman–Crippen MR) is 71.3 cm³/mol. The molecule has 18 heavy (non-hydrogen) atoms. The number of sulfone groups is 1. The Kier molecular flexibility index (Phi) is 4.18. The Morgan fingerprint density at radius 3 is 2.00 bits per heavy atom. The van der Waals surface area contributed by atoms with Crippen molar-refractivity contribution in [3.05, 3.63) is 0 Å². The Morgan fingerprint density at radius 1 is 1.11 bits per heavy atom. The predicted octanol–water partition coefficient (Wildman–Crippen LogP) is 0.0804. The maximum absolute atomic E-state index is 12.3. The summed E-state index contributed by atoms with van der Waals surface area (Å²) in [4.78, 5) is 0. The largest absolute Gasteiger partial charge is 0.281 e. The smallest absolute Gasteiger partial charge is 0.228 e. The minimum atomic E-state index is -3.51. The van der Waals surface area contributed by atoms with Crippen molar-refractivity contribution in [2.45, 2.75) is 37.2 Å². The first-order chi connectivity index (χ1) is 7.90. The summed E-state index contributed by atoms with van der Waals surface area (Å²) in [5, 5.41) is -0.604. The van der Waals surface area contributed by atoms with Crippen molar-refractivity contribution in [2.24, 2.45) is 0 Å². The Labute approximate surface area is 110 Å². The molecule has 108 valence electrons. The van der Waals surface area contributed by atoms with Crippen LogP contribution in [0.2, 0.25) is 0 Å². The number of hydrogen-bond acceptors (Lipinski definition) is 4. The quantitative estimate of drug-likeness (QED) is 0.739. The molecule has 0 aromatic carbocycles. The second kappa shape index (κ2) is 4.73. The van der Waals surface area contributed by atoms with E-state index in [1.54, 1.807) is 20.8 Å². The maximum Gasteiger partial charge on any atom is 0.281 e. The van der Waals surface area contributed by atoms with Gasteiger partial charge in [0.15, 0.2) is 9.84 Å². The van der Waals surface area contributed by atoms with Crippen LogP contribution in [0.25, 0.3) is 0 Å². The van der Waals surface area contributed by atoms with Gasteiger partial charge in [0.05, 0.1) is 10.00 Å². The zero-order valence-corrected chi connectivity index (χ0v) is 13.2. The molecule has 0 aromatic rings. The monoisotopic (exact) mass is 298 g/mol. The van der Waals surface area contributed by atoms with Gasteiger partial charge in [0.1, 0.15) is 0 Å². The molecule has 6 nitrogen and oxygen atoms in total. The molecule has 1 aliphatic heterocycles. The highest BCUT2D eigenvalue weighted by molar-refractivity contribution is 7.93. The molecule has 0 bridgehead atoms. The summed E-state index contributed by atoms with van der Waals surface area (Å²) in [6.07, 6.45) is 0.368. The maximum atomic E-state index is 12.3. The lowest BCUT2D eigenvalue weighted by Gasteiger charge is -2.25. The topological polar surface area (TPSA) is 74.8 Å². The van der Waals surface area contributed by atoms with Crippen LogP contribution < -0.4 is 0 Å². The minimum Gasteiger partial charge on any atom is -0.228 e. The van der Waals surface area contributed by atoms with E-state index in [9.17, 15) is 16.8 Å². The van der Waals surface area contributed by atoms with Crippen LogP contribution in [-0.2, 0) is 20.0 Å². The average Bonchev–Trinajstić information content (AvgIpc) is 2.64. The van der Waals surface area contributed by atoms with Gasteiger partial charge in [-0.05, 0) is 27.2 Å². The van der Waals surface area contributed by atoms with Gasteiger partial charge < -0.3 is 0 Å². The molecule has 0 unspecified atom stereocenters. The third kappa shape index (κ3) is 2.71. The second-order valence-electron chi connectivity index (χ2n) is 5.72. The van der Waals surface area contributed by atoms with E-state index in [0.29, 0.717) is 6.42 Å². The molecule has 0 amide bonds. The normalized spacial score (nSPS) is 23.8. The molecule has 8 heteroatoms. The van der Waals surface area contributed by atoms with Crippen LogP contribution >= 0.6 is 0 Å². The Hall–Kier alpha value is -0.180. The van der Waals surface area contributed by atoms with E-state index >= 15 is 0 Å². The zero-order valence-electron chi connectivity index (χ0n) is 11.5. The Balaban J connectivity index is 2.93. The van der Waals surface area contributed by atoms with E-state index in [1.165, 1.54) is 18.4 Å². The van der Waals surface area contributed by atoms with Gasteiger partial charge in [-0.3, -0.25) is 0 Å². The summed E-state index contributed by atoms with van der Waals surface area (Å²) in [5.74, 6) is 0. The fourth-order valence-electron chi connectivity index (χ4n) is 1.89. The molecule has 1 heterocycles. The van der Waals surface area contributed by atoms with Gasteiger partial charge in [-0.2, -0.15) is 17.0 Å². The van der Waals surface area contributed by atoms with Gasteiger partial charge in [-0.15, -0.1) is 0 Å². The second-order valence-corrected chi connectivity index (χ2v) is 10.8. The molecule has 1 aliphatic rings. The number of nitrogens with zero attached hydrogens (tertiary/aromatic N) is 2. The summed E-state index contributed by atoms with van der Waals surface area (Å²) in [6.45, 7) is 5.25. The summed E-state index contributed by atoms with van der Waals surface area (Å²) < 4.78 is 49.8. The van der Waals surface area contributed by atoms with Crippen LogP contribution in [-0.4, -0.2) is 62.6 Å². The lowest BCUT2D eigenvalue weighted by atomic mass is 10.3. The fourth-order valence-corrected chi connectivity index (χ4v) is 4.94. The zero-order chi connectivity index (χ0) is 14.4. The van der Waals surface area contributed by atoms with Crippen LogP contribution in [0.3, 0.4) is 0 Å². The van der Waals surface area contributed by atoms with Crippen LogP contribution in [0.1, 0.15) is 27.2 Å². The van der Waals surface area contributed by atoms with E-state index in [-0.39, 0.29) is 13.1 Å². The van der Waals surface area contributed by atoms with Gasteiger partial charge in [0, 0.05) is 27.2 Å². The SMILES string of the molecule is CN(C)S(=O)(=O)N1CC[C@H](S(=O)(=O)C(C)(C)C)C1. The lowest BCUT2D eigenvalue weighted by molar-refractivity contribution is 0.421. The van der Waals surface area contributed by atoms with Crippen molar-refractivity contribution in [3.63, 3.8) is 0 Å². The lowest BCUT2D eigenvalue weighted by Crippen LogP contribution is -2.42. The summed E-state index contributed by atoms with van der Waals surface area (Å²) in [7, 11) is -3.94. The van der Waals surface area contributed by atoms with Crippen LogP contribution in [0.4, 0.5) is 0 Å². The van der Waals surface area contributed by atoms with E-state index in [0.717, 1.165) is 4.31 Å². The summed E-state index contributed by atoms with van der Waals surface area (Å²) in [5.41, 5.74) is 0. The van der Waals surface area contributed by atoms with Crippen molar-refractivity contribution in [1.82, 2.24) is 8.61 Å². The molecule has 0 spiro atoms. The van der Waals surface area contributed by atoms with Crippen LogP contribution in [0.15, 0.2) is 0 Å². The standard InChI is InChI=1S/C10H22N2O4S2/c1-10(2,3)17(13,14)9-6-7-12(8-9)18(15,16)11(4)5/h9H,6-8H2,1-5H3/t9-/m0/s1. The van der Waals surface area contributed by atoms with Gasteiger partial charge >= 0.3 is 0 Å². The third-order valence-electron chi connectivity index (χ3n) is 3.19. The van der Waals surface area contributed by atoms with Crippen LogP contribution in [0.5, 0.6) is 0 Å². The first-order valence-corrected chi connectivity index (χ1v) is 8.76. The third-order valence-corrected chi connectivity index (χ3v) is 8.06. The molecule has 0 radical (unpaired) electrons. The Morgan fingerprint density at radius 2 is 1.61 bits per heavy atom. The molecular formula is C10H22N2O4S2. The fraction of sp³-hybridized carbons (Fsp3) is 1.00. The molecule has 0 saturated carbocycles. The number of hydrogen-bond donors (Lipinski definition) is 0. The summed E-state index contributed by atoms with van der Waals surface area (Å²) >= 11 is 0. The van der Waals surface area contributed by atoms with Gasteiger partial charge in [-0.1, -0.05) is 0 Å². The van der Waals surface area contributed by atoms with E-state index in [1.807, 2.05) is 0 Å². The molecule has 0 N–H and O–H groups in total. The average molecular weight is 298 g/mol. The van der Waals surface area contributed by atoms with Crippen LogP contribution in [0, 0.1) is 0 Å². The highest BCUT2D eigenvalue weighted by Gasteiger charge is 2.43. The number of rotatable bonds is 3. The molecule has 1 fully saturated rings. The highest BCUT2D eigenvalue weighted by Crippen LogP contribution is 2.28. The van der Waals surface area contributed by atoms with E-state index in [2.05, 4.69) is 0 Å². The molecule has 1 atom stereocenters. The highest BCUT2D eigenvalue weighted by atomic mass is 32.2. The molecule has 1 saturated heterocycles. The van der Waals surface area contributed by atoms with Gasteiger partial charge in [0.25, 0.3) is 10.2 Å². The first kappa shape index (κ1) is 15.9. The Bertz CT molecular complexity index is 502. The van der Waals surface area contributed by atoms with Crippen molar-refractivity contribution in [3.8, 4) is 0 Å². The van der Waals surface area contributed by atoms with Gasteiger partial charge in [-0.25, -0.2) is 8.42 Å². The van der Waals surface area contributed by atoms with Crippen molar-refractivity contribution >= 4 is 20.0 Å². The molecular weight excluding hydrogens is 276 g/mol. The van der Waals surface area contributed by atoms with Crippen molar-refractivity contribution in [2.75, 3.05) is 27.2 Å². The minimum absolute atomic E-state index is 0.0557.